The van der Waals surface area contributed by atoms with Crippen molar-refractivity contribution in [3.05, 3.63) is 83.3 Å². The molecule has 6 rings (SSSR count). The highest BCUT2D eigenvalue weighted by Crippen LogP contribution is 2.40. The van der Waals surface area contributed by atoms with Gasteiger partial charge in [0, 0.05) is 42.0 Å². The minimum absolute atomic E-state index is 0.279. The van der Waals surface area contributed by atoms with E-state index in [1.807, 2.05) is 42.9 Å². The van der Waals surface area contributed by atoms with Gasteiger partial charge in [-0.1, -0.05) is 54.6 Å². The highest BCUT2D eigenvalue weighted by molar-refractivity contribution is 6.17. The summed E-state index contributed by atoms with van der Waals surface area (Å²) in [7, 11) is 4.11. The SMILES string of the molecule is CCOC(=O)c1c(CCCOc2cccc3ccccc23)c2cccc3c2n1CCCN(C)Cc1c-3c(CCl)nn1C. The van der Waals surface area contributed by atoms with E-state index in [0.29, 0.717) is 37.8 Å². The van der Waals surface area contributed by atoms with Crippen LogP contribution < -0.4 is 4.74 Å². The number of aromatic nitrogens is 3. The predicted molar refractivity (Wildman–Crippen MR) is 168 cm³/mol. The van der Waals surface area contributed by atoms with Gasteiger partial charge in [0.05, 0.1) is 36.0 Å². The Morgan fingerprint density at radius 3 is 2.62 bits per heavy atom. The zero-order valence-electron chi connectivity index (χ0n) is 24.5. The van der Waals surface area contributed by atoms with Crippen LogP contribution in [0.4, 0.5) is 0 Å². The second-order valence-corrected chi connectivity index (χ2v) is 11.2. The third kappa shape index (κ3) is 5.16. The fourth-order valence-electron chi connectivity index (χ4n) is 6.38. The Morgan fingerprint density at radius 2 is 1.79 bits per heavy atom. The molecule has 42 heavy (non-hydrogen) atoms. The Bertz CT molecular complexity index is 1750. The van der Waals surface area contributed by atoms with Gasteiger partial charge in [0.15, 0.2) is 0 Å². The second kappa shape index (κ2) is 12.2. The lowest BCUT2D eigenvalue weighted by Gasteiger charge is -2.21. The summed E-state index contributed by atoms with van der Waals surface area (Å²) in [6, 6.07) is 20.7. The van der Waals surface area contributed by atoms with E-state index in [1.165, 1.54) is 0 Å². The van der Waals surface area contributed by atoms with Gasteiger partial charge in [-0.25, -0.2) is 4.79 Å². The van der Waals surface area contributed by atoms with Crippen molar-refractivity contribution in [3.63, 3.8) is 0 Å². The molecule has 2 aromatic heterocycles. The average Bonchev–Trinajstić information content (AvgIpc) is 3.49. The quantitative estimate of drug-likeness (QED) is 0.112. The lowest BCUT2D eigenvalue weighted by molar-refractivity contribution is 0.0512. The third-order valence-electron chi connectivity index (χ3n) is 8.21. The molecule has 3 aromatic carbocycles. The molecule has 0 unspecified atom stereocenters. The van der Waals surface area contributed by atoms with Crippen molar-refractivity contribution in [1.82, 2.24) is 19.2 Å². The molecular formula is C34H37ClN4O3. The maximum Gasteiger partial charge on any atom is 0.355 e. The first-order valence-corrected chi connectivity index (χ1v) is 15.3. The monoisotopic (exact) mass is 584 g/mol. The molecule has 1 aliphatic heterocycles. The number of carbonyl (C=O) groups is 1. The molecule has 0 saturated heterocycles. The number of carbonyl (C=O) groups excluding carboxylic acids is 1. The molecule has 0 aliphatic carbocycles. The van der Waals surface area contributed by atoms with E-state index in [1.54, 1.807) is 0 Å². The van der Waals surface area contributed by atoms with Crippen LogP contribution in [0.15, 0.2) is 60.7 Å². The molecule has 5 aromatic rings. The van der Waals surface area contributed by atoms with E-state index in [4.69, 9.17) is 26.2 Å². The Hall–Kier alpha value is -3.81. The lowest BCUT2D eigenvalue weighted by atomic mass is 9.98. The highest BCUT2D eigenvalue weighted by Gasteiger charge is 2.29. The van der Waals surface area contributed by atoms with Crippen molar-refractivity contribution in [2.45, 2.75) is 45.2 Å². The van der Waals surface area contributed by atoms with E-state index in [2.05, 4.69) is 52.9 Å². The Balaban J connectivity index is 1.43. The van der Waals surface area contributed by atoms with Crippen LogP contribution in [0.25, 0.3) is 32.8 Å². The van der Waals surface area contributed by atoms with Gasteiger partial charge >= 0.3 is 5.97 Å². The zero-order valence-corrected chi connectivity index (χ0v) is 25.3. The minimum Gasteiger partial charge on any atom is -0.493 e. The molecule has 0 amide bonds. The number of nitrogens with zero attached hydrogens (tertiary/aromatic N) is 4. The first-order chi connectivity index (χ1) is 20.5. The molecule has 218 valence electrons. The highest BCUT2D eigenvalue weighted by atomic mass is 35.5. The molecule has 3 heterocycles. The van der Waals surface area contributed by atoms with Crippen molar-refractivity contribution in [2.24, 2.45) is 7.05 Å². The topological polar surface area (TPSA) is 61.5 Å². The average molecular weight is 585 g/mol. The van der Waals surface area contributed by atoms with Crippen molar-refractivity contribution in [3.8, 4) is 16.9 Å². The zero-order chi connectivity index (χ0) is 29.2. The number of hydrogen-bond acceptors (Lipinski definition) is 5. The van der Waals surface area contributed by atoms with Crippen molar-refractivity contribution in [2.75, 3.05) is 26.8 Å². The van der Waals surface area contributed by atoms with Crippen LogP contribution >= 0.6 is 11.6 Å². The van der Waals surface area contributed by atoms with Crippen LogP contribution in [-0.4, -0.2) is 52.0 Å². The van der Waals surface area contributed by atoms with E-state index < -0.39 is 0 Å². The van der Waals surface area contributed by atoms with Gasteiger partial charge < -0.3 is 18.9 Å². The summed E-state index contributed by atoms with van der Waals surface area (Å²) in [5, 5.41) is 8.13. The van der Waals surface area contributed by atoms with Gasteiger partial charge in [-0.05, 0) is 56.8 Å². The van der Waals surface area contributed by atoms with Crippen LogP contribution in [0.5, 0.6) is 5.75 Å². The van der Waals surface area contributed by atoms with E-state index in [-0.39, 0.29) is 5.97 Å². The fourth-order valence-corrected chi connectivity index (χ4v) is 6.57. The second-order valence-electron chi connectivity index (χ2n) is 10.9. The normalized spacial score (nSPS) is 13.8. The van der Waals surface area contributed by atoms with Crippen LogP contribution in [0.2, 0.25) is 0 Å². The number of benzene rings is 3. The van der Waals surface area contributed by atoms with E-state index >= 15 is 0 Å². The van der Waals surface area contributed by atoms with Gasteiger partial charge in [-0.15, -0.1) is 11.6 Å². The van der Waals surface area contributed by atoms with E-state index in [9.17, 15) is 4.79 Å². The summed E-state index contributed by atoms with van der Waals surface area (Å²) in [4.78, 5) is 15.9. The summed E-state index contributed by atoms with van der Waals surface area (Å²) >= 11 is 6.46. The van der Waals surface area contributed by atoms with Gasteiger partial charge in [0.2, 0.25) is 0 Å². The summed E-state index contributed by atoms with van der Waals surface area (Å²) < 4.78 is 16.1. The molecule has 8 heteroatoms. The van der Waals surface area contributed by atoms with Crippen LogP contribution in [0.1, 0.15) is 47.2 Å². The number of rotatable bonds is 8. The van der Waals surface area contributed by atoms with Crippen LogP contribution in [0.3, 0.4) is 0 Å². The number of alkyl halides is 1. The molecule has 1 aliphatic rings. The fraction of sp³-hybridized carbons (Fsp3) is 0.353. The molecule has 0 N–H and O–H groups in total. The summed E-state index contributed by atoms with van der Waals surface area (Å²) in [5.74, 6) is 0.912. The molecule has 0 bridgehead atoms. The Morgan fingerprint density at radius 1 is 1.00 bits per heavy atom. The summed E-state index contributed by atoms with van der Waals surface area (Å²) in [5.41, 5.74) is 6.81. The Kier molecular flexibility index (Phi) is 8.22. The molecular weight excluding hydrogens is 548 g/mol. The van der Waals surface area contributed by atoms with Gasteiger partial charge in [-0.2, -0.15) is 5.10 Å². The first kappa shape index (κ1) is 28.3. The maximum absolute atomic E-state index is 13.6. The predicted octanol–water partition coefficient (Wildman–Crippen LogP) is 6.96. The lowest BCUT2D eigenvalue weighted by Crippen LogP contribution is -2.24. The summed E-state index contributed by atoms with van der Waals surface area (Å²) in [6.45, 7) is 5.09. The van der Waals surface area contributed by atoms with Crippen LogP contribution in [-0.2, 0) is 37.2 Å². The summed E-state index contributed by atoms with van der Waals surface area (Å²) in [6.07, 6.45) is 2.35. The van der Waals surface area contributed by atoms with Gasteiger partial charge in [0.1, 0.15) is 11.4 Å². The number of halogens is 1. The van der Waals surface area contributed by atoms with Crippen molar-refractivity contribution < 1.29 is 14.3 Å². The van der Waals surface area contributed by atoms with Crippen molar-refractivity contribution in [1.29, 1.82) is 0 Å². The largest absolute Gasteiger partial charge is 0.493 e. The van der Waals surface area contributed by atoms with Crippen LogP contribution in [0, 0.1) is 0 Å². The van der Waals surface area contributed by atoms with Gasteiger partial charge in [0.25, 0.3) is 0 Å². The molecule has 0 spiro atoms. The standard InChI is InChI=1S/C34H37ClN4O3/c1-4-41-34(40)33-26(16-9-20-42-30-17-7-12-23-11-5-6-13-24(23)30)25-14-8-15-27-31-28(21-35)36-38(3)29(31)22-37(2)18-10-19-39(33)32(25)27/h5-8,11-15,17H,4,9-10,16,18-22H2,1-3H3. The van der Waals surface area contributed by atoms with E-state index in [0.717, 1.165) is 81.4 Å². The number of esters is 1. The first-order valence-electron chi connectivity index (χ1n) is 14.7. The number of ether oxygens (including phenoxy) is 2. The molecule has 0 atom stereocenters. The number of para-hydroxylation sites is 1. The number of aryl methyl sites for hydroxylation is 3. The molecule has 7 nitrogen and oxygen atoms in total. The Labute approximate surface area is 251 Å². The molecule has 0 fully saturated rings. The third-order valence-corrected chi connectivity index (χ3v) is 8.46. The molecule has 0 radical (unpaired) electrons. The van der Waals surface area contributed by atoms with Crippen molar-refractivity contribution >= 4 is 39.2 Å². The van der Waals surface area contributed by atoms with Gasteiger partial charge in [-0.3, -0.25) is 4.68 Å². The minimum atomic E-state index is -0.279. The smallest absolute Gasteiger partial charge is 0.355 e. The number of hydrogen-bond donors (Lipinski definition) is 0. The maximum atomic E-state index is 13.6. The number of fused-ring (bicyclic) bond motifs is 3. The molecule has 0 saturated carbocycles.